The predicted octanol–water partition coefficient (Wildman–Crippen LogP) is 5.47. The Kier molecular flexibility index (Phi) is 7.53. The fourth-order valence-electron chi connectivity index (χ4n) is 5.90. The minimum Gasteiger partial charge on any atom is -0.480 e. The normalized spacial score (nSPS) is 18.9. The Morgan fingerprint density at radius 1 is 1.03 bits per heavy atom. The molecule has 2 amide bonds. The number of carboxylic acid groups (broad SMARTS) is 1. The molecule has 36 heavy (non-hydrogen) atoms. The van der Waals surface area contributed by atoms with Gasteiger partial charge >= 0.3 is 12.0 Å². The lowest BCUT2D eigenvalue weighted by Gasteiger charge is -2.41. The minimum atomic E-state index is -0.739. The first-order chi connectivity index (χ1) is 17.5. The van der Waals surface area contributed by atoms with Crippen molar-refractivity contribution in [1.82, 2.24) is 14.8 Å². The summed E-state index contributed by atoms with van der Waals surface area (Å²) in [6.45, 7) is 2.73. The molecule has 2 saturated heterocycles. The quantitative estimate of drug-likeness (QED) is 0.386. The topological polar surface area (TPSA) is 88.7 Å². The number of rotatable bonds is 6. The van der Waals surface area contributed by atoms with E-state index in [0.29, 0.717) is 31.8 Å². The molecule has 1 unspecified atom stereocenters. The summed E-state index contributed by atoms with van der Waals surface area (Å²) in [7, 11) is 0. The van der Waals surface area contributed by atoms with Crippen LogP contribution >= 0.6 is 11.8 Å². The molecule has 2 aromatic carbocycles. The van der Waals surface area contributed by atoms with Crippen LogP contribution in [0.4, 0.5) is 10.5 Å². The third-order valence-corrected chi connectivity index (χ3v) is 8.56. The number of carboxylic acids is 1. The number of urea groups is 1. The highest BCUT2D eigenvalue weighted by Crippen LogP contribution is 2.35. The first-order valence-electron chi connectivity index (χ1n) is 12.8. The number of hydrogen-bond acceptors (Lipinski definition) is 4. The minimum absolute atomic E-state index is 0.0519. The van der Waals surface area contributed by atoms with Gasteiger partial charge in [-0.15, -0.1) is 11.8 Å². The van der Waals surface area contributed by atoms with Gasteiger partial charge < -0.3 is 20.3 Å². The number of thioether (sulfide) groups is 1. The van der Waals surface area contributed by atoms with Crippen LogP contribution in [-0.2, 0) is 4.79 Å². The Hall–Kier alpha value is -2.97. The maximum absolute atomic E-state index is 12.8. The number of nitrogens with one attached hydrogen (secondary N) is 2. The van der Waals surface area contributed by atoms with Crippen molar-refractivity contribution in [1.29, 1.82) is 0 Å². The molecule has 5 rings (SSSR count). The highest BCUT2D eigenvalue weighted by atomic mass is 32.2. The molecular weight excluding hydrogens is 472 g/mol. The van der Waals surface area contributed by atoms with Crippen LogP contribution in [0.1, 0.15) is 37.2 Å². The summed E-state index contributed by atoms with van der Waals surface area (Å²) in [5.74, 6) is -0.240. The Bertz CT molecular complexity index is 1210. The smallest absolute Gasteiger partial charge is 0.321 e. The number of anilines is 1. The van der Waals surface area contributed by atoms with Crippen molar-refractivity contribution >= 4 is 40.4 Å². The van der Waals surface area contributed by atoms with Crippen LogP contribution in [0.25, 0.3) is 10.9 Å². The van der Waals surface area contributed by atoms with Crippen molar-refractivity contribution in [3.8, 4) is 0 Å². The van der Waals surface area contributed by atoms with Crippen LogP contribution < -0.4 is 5.32 Å². The lowest BCUT2D eigenvalue weighted by molar-refractivity contribution is -0.146. The zero-order valence-electron chi connectivity index (χ0n) is 20.7. The van der Waals surface area contributed by atoms with E-state index in [2.05, 4.69) is 39.6 Å². The van der Waals surface area contributed by atoms with Gasteiger partial charge in [-0.05, 0) is 86.7 Å². The van der Waals surface area contributed by atoms with Crippen molar-refractivity contribution in [3.63, 3.8) is 0 Å². The number of aliphatic carboxylic acids is 1. The largest absolute Gasteiger partial charge is 0.480 e. The van der Waals surface area contributed by atoms with Crippen molar-refractivity contribution in [2.45, 2.75) is 42.5 Å². The molecular formula is C28H34N4O3S. The van der Waals surface area contributed by atoms with Crippen LogP contribution in [-0.4, -0.2) is 70.4 Å². The van der Waals surface area contributed by atoms with Crippen LogP contribution in [0.15, 0.2) is 59.6 Å². The number of carbonyl (C=O) groups excluding carboxylic acids is 1. The van der Waals surface area contributed by atoms with Crippen molar-refractivity contribution in [3.05, 3.63) is 60.3 Å². The molecule has 1 aromatic heterocycles. The molecule has 0 aliphatic carbocycles. The average Bonchev–Trinajstić information content (AvgIpc) is 3.34. The fourth-order valence-corrected chi connectivity index (χ4v) is 6.36. The molecule has 0 spiro atoms. The molecule has 3 heterocycles. The summed E-state index contributed by atoms with van der Waals surface area (Å²) < 4.78 is 0. The molecule has 0 saturated carbocycles. The molecule has 1 atom stereocenters. The summed E-state index contributed by atoms with van der Waals surface area (Å²) in [6, 6.07) is 15.6. The summed E-state index contributed by atoms with van der Waals surface area (Å²) >= 11 is 1.64. The number of hydrogen-bond donors (Lipinski definition) is 3. The van der Waals surface area contributed by atoms with Crippen molar-refractivity contribution < 1.29 is 14.7 Å². The number of aromatic amines is 1. The number of nitrogens with zero attached hydrogens (tertiary/aromatic N) is 2. The van der Waals surface area contributed by atoms with Crippen molar-refractivity contribution in [2.24, 2.45) is 5.92 Å². The molecule has 2 aliphatic rings. The average molecular weight is 507 g/mol. The Balaban J connectivity index is 1.16. The van der Waals surface area contributed by atoms with Gasteiger partial charge in [-0.2, -0.15) is 0 Å². The van der Waals surface area contributed by atoms with E-state index in [9.17, 15) is 14.7 Å². The molecule has 3 aromatic rings. The maximum Gasteiger partial charge on any atom is 0.321 e. The number of amides is 2. The Morgan fingerprint density at radius 3 is 2.50 bits per heavy atom. The molecule has 0 bridgehead atoms. The molecule has 8 heteroatoms. The maximum atomic E-state index is 12.8. The lowest BCUT2D eigenvalue weighted by atomic mass is 9.84. The van der Waals surface area contributed by atoms with E-state index in [1.165, 1.54) is 10.9 Å². The van der Waals surface area contributed by atoms with Crippen LogP contribution in [0.2, 0.25) is 0 Å². The van der Waals surface area contributed by atoms with Gasteiger partial charge in [0.25, 0.3) is 0 Å². The first-order valence-corrected chi connectivity index (χ1v) is 14.0. The van der Waals surface area contributed by atoms with Crippen LogP contribution in [0, 0.1) is 5.92 Å². The van der Waals surface area contributed by atoms with Crippen LogP contribution in [0.5, 0.6) is 0 Å². The predicted molar refractivity (Wildman–Crippen MR) is 145 cm³/mol. The third-order valence-electron chi connectivity index (χ3n) is 7.83. The van der Waals surface area contributed by atoms with Gasteiger partial charge in [0.2, 0.25) is 0 Å². The van der Waals surface area contributed by atoms with Gasteiger partial charge in [0.05, 0.1) is 0 Å². The number of H-pyrrole nitrogens is 1. The van der Waals surface area contributed by atoms with Gasteiger partial charge in [-0.25, -0.2) is 4.79 Å². The molecule has 2 aliphatic heterocycles. The second kappa shape index (κ2) is 11.0. The molecule has 190 valence electrons. The van der Waals surface area contributed by atoms with E-state index in [1.807, 2.05) is 41.5 Å². The van der Waals surface area contributed by atoms with Gasteiger partial charge in [0, 0.05) is 40.8 Å². The van der Waals surface area contributed by atoms with E-state index in [4.69, 9.17) is 0 Å². The Labute approximate surface area is 216 Å². The summed E-state index contributed by atoms with van der Waals surface area (Å²) in [6.07, 6.45) is 7.46. The van der Waals surface area contributed by atoms with E-state index < -0.39 is 12.0 Å². The standard InChI is InChI=1S/C28H34N4O3S/c1-36-22-6-4-5-21(17-22)30-28(35)32-15-11-20(12-16-32)26(27(33)34)31-13-9-19(10-14-31)24-18-29-25-8-3-2-7-23(24)25/h2-8,17-20,26,29H,9-16H2,1H3,(H,30,35)(H,33,34). The number of carbonyl (C=O) groups is 2. The fraction of sp³-hybridized carbons (Fsp3) is 0.429. The van der Waals surface area contributed by atoms with Gasteiger partial charge in [0.15, 0.2) is 0 Å². The zero-order chi connectivity index (χ0) is 25.1. The molecule has 3 N–H and O–H groups in total. The number of para-hydroxylation sites is 1. The second-order valence-electron chi connectivity index (χ2n) is 9.87. The Morgan fingerprint density at radius 2 is 1.78 bits per heavy atom. The van der Waals surface area contributed by atoms with E-state index >= 15 is 0 Å². The molecule has 0 radical (unpaired) electrons. The van der Waals surface area contributed by atoms with Crippen molar-refractivity contribution in [2.75, 3.05) is 37.8 Å². The zero-order valence-corrected chi connectivity index (χ0v) is 21.5. The summed E-state index contributed by atoms with van der Waals surface area (Å²) in [5, 5.41) is 14.4. The monoisotopic (exact) mass is 506 g/mol. The SMILES string of the molecule is CSc1cccc(NC(=O)N2CCC(C(C(=O)O)N3CCC(c4c[nH]c5ccccc45)CC3)CC2)c1. The number of benzene rings is 2. The highest BCUT2D eigenvalue weighted by molar-refractivity contribution is 7.98. The number of aromatic nitrogens is 1. The third kappa shape index (κ3) is 5.25. The van der Waals surface area contributed by atoms with Gasteiger partial charge in [-0.1, -0.05) is 24.3 Å². The molecule has 2 fully saturated rings. The number of piperidine rings is 2. The van der Waals surface area contributed by atoms with E-state index in [1.54, 1.807) is 11.8 Å². The summed E-state index contributed by atoms with van der Waals surface area (Å²) in [4.78, 5) is 33.6. The van der Waals surface area contributed by atoms with Gasteiger partial charge in [0.1, 0.15) is 6.04 Å². The highest BCUT2D eigenvalue weighted by Gasteiger charge is 2.38. The first kappa shape index (κ1) is 24.7. The van der Waals surface area contributed by atoms with E-state index in [0.717, 1.165) is 42.0 Å². The summed E-state index contributed by atoms with van der Waals surface area (Å²) in [5.41, 5.74) is 3.29. The lowest BCUT2D eigenvalue weighted by Crippen LogP contribution is -2.52. The van der Waals surface area contributed by atoms with Gasteiger partial charge in [-0.3, -0.25) is 9.69 Å². The van der Waals surface area contributed by atoms with Crippen LogP contribution in [0.3, 0.4) is 0 Å². The molecule has 7 nitrogen and oxygen atoms in total. The van der Waals surface area contributed by atoms with E-state index in [-0.39, 0.29) is 11.9 Å². The number of fused-ring (bicyclic) bond motifs is 1. The number of likely N-dealkylation sites (tertiary alicyclic amines) is 2. The second-order valence-corrected chi connectivity index (χ2v) is 10.7.